The van der Waals surface area contributed by atoms with Gasteiger partial charge in [0.1, 0.15) is 11.6 Å². The highest BCUT2D eigenvalue weighted by atomic mass is 127. The van der Waals surface area contributed by atoms with Gasteiger partial charge in [0.15, 0.2) is 0 Å². The average Bonchev–Trinajstić information content (AvgIpc) is 2.53. The Balaban J connectivity index is 2.09. The van der Waals surface area contributed by atoms with Crippen molar-refractivity contribution >= 4 is 34.6 Å². The van der Waals surface area contributed by atoms with Crippen LogP contribution in [0.15, 0.2) is 60.2 Å². The Bertz CT molecular complexity index is 702. The number of amides is 1. The fraction of sp³-hybridized carbons (Fsp3) is 0.0588. The van der Waals surface area contributed by atoms with Crippen molar-refractivity contribution < 1.29 is 4.79 Å². The number of benzene rings is 2. The molecular weight excluding hydrogens is 375 g/mol. The van der Waals surface area contributed by atoms with Crippen LogP contribution in [0.25, 0.3) is 6.08 Å². The number of halogens is 1. The lowest BCUT2D eigenvalue weighted by Crippen LogP contribution is -2.23. The number of nitrogens with zero attached hydrogens (tertiary/aromatic N) is 1. The second-order valence-electron chi connectivity index (χ2n) is 4.36. The lowest BCUT2D eigenvalue weighted by Gasteiger charge is -2.05. The molecule has 0 spiro atoms. The van der Waals surface area contributed by atoms with Crippen LogP contribution in [0.3, 0.4) is 0 Å². The van der Waals surface area contributed by atoms with E-state index in [2.05, 4.69) is 27.9 Å². The van der Waals surface area contributed by atoms with Crippen molar-refractivity contribution in [2.75, 3.05) is 0 Å². The van der Waals surface area contributed by atoms with Crippen LogP contribution in [0.5, 0.6) is 0 Å². The van der Waals surface area contributed by atoms with Crippen LogP contribution in [-0.2, 0) is 11.3 Å². The van der Waals surface area contributed by atoms with Crippen molar-refractivity contribution in [3.8, 4) is 6.07 Å². The largest absolute Gasteiger partial charge is 0.347 e. The minimum Gasteiger partial charge on any atom is -0.347 e. The molecule has 0 radical (unpaired) electrons. The molecule has 0 saturated carbocycles. The molecule has 0 aliphatic rings. The molecule has 0 heterocycles. The summed E-state index contributed by atoms with van der Waals surface area (Å²) in [5, 5.41) is 11.9. The van der Waals surface area contributed by atoms with Crippen molar-refractivity contribution in [3.63, 3.8) is 0 Å². The van der Waals surface area contributed by atoms with Gasteiger partial charge in [0.05, 0.1) is 0 Å². The van der Waals surface area contributed by atoms with Gasteiger partial charge in [-0.25, -0.2) is 0 Å². The van der Waals surface area contributed by atoms with E-state index in [1.54, 1.807) is 6.08 Å². The maximum absolute atomic E-state index is 12.1. The maximum atomic E-state index is 12.1. The summed E-state index contributed by atoms with van der Waals surface area (Å²) >= 11 is 2.18. The standard InChI is InChI=1S/C17H13IN2O/c18-16-9-5-4-8-14(16)10-15(11-19)17(21)20-12-13-6-2-1-3-7-13/h1-10H,12H2,(H,20,21)/b15-10+. The number of nitrogens with one attached hydrogen (secondary N) is 1. The molecule has 0 bridgehead atoms. The molecule has 2 aromatic rings. The van der Waals surface area contributed by atoms with E-state index < -0.39 is 0 Å². The van der Waals surface area contributed by atoms with Crippen molar-refractivity contribution in [1.82, 2.24) is 5.32 Å². The minimum absolute atomic E-state index is 0.107. The SMILES string of the molecule is N#C/C(=C\c1ccccc1I)C(=O)NCc1ccccc1. The van der Waals surface area contributed by atoms with Gasteiger partial charge < -0.3 is 5.32 Å². The van der Waals surface area contributed by atoms with Crippen LogP contribution >= 0.6 is 22.6 Å². The molecule has 0 aliphatic carbocycles. The third-order valence-electron chi connectivity index (χ3n) is 2.87. The molecule has 2 aromatic carbocycles. The molecule has 0 saturated heterocycles. The first-order valence-corrected chi connectivity index (χ1v) is 7.47. The van der Waals surface area contributed by atoms with Crippen molar-refractivity contribution in [2.45, 2.75) is 6.54 Å². The van der Waals surface area contributed by atoms with Crippen LogP contribution in [0.2, 0.25) is 0 Å². The number of rotatable bonds is 4. The Morgan fingerprint density at radius 2 is 1.81 bits per heavy atom. The molecular formula is C17H13IN2O. The van der Waals surface area contributed by atoms with Gasteiger partial charge in [-0.3, -0.25) is 4.79 Å². The first-order valence-electron chi connectivity index (χ1n) is 6.39. The lowest BCUT2D eigenvalue weighted by molar-refractivity contribution is -0.117. The Morgan fingerprint density at radius 1 is 1.14 bits per heavy atom. The third kappa shape index (κ3) is 4.43. The lowest BCUT2D eigenvalue weighted by atomic mass is 10.1. The van der Waals surface area contributed by atoms with Crippen LogP contribution in [0.1, 0.15) is 11.1 Å². The Morgan fingerprint density at radius 3 is 2.48 bits per heavy atom. The summed E-state index contributed by atoms with van der Waals surface area (Å²) in [4.78, 5) is 12.1. The number of nitriles is 1. The van der Waals surface area contributed by atoms with Gasteiger partial charge in [0, 0.05) is 10.1 Å². The van der Waals surface area contributed by atoms with Gasteiger partial charge in [-0.15, -0.1) is 0 Å². The second-order valence-corrected chi connectivity index (χ2v) is 5.52. The zero-order chi connectivity index (χ0) is 15.1. The summed E-state index contributed by atoms with van der Waals surface area (Å²) in [6.45, 7) is 0.407. The van der Waals surface area contributed by atoms with Gasteiger partial charge in [0.2, 0.25) is 0 Å². The normalized spacial score (nSPS) is 10.8. The van der Waals surface area contributed by atoms with E-state index in [0.29, 0.717) is 6.54 Å². The zero-order valence-electron chi connectivity index (χ0n) is 11.2. The summed E-state index contributed by atoms with van der Waals surface area (Å²) in [7, 11) is 0. The van der Waals surface area contributed by atoms with Gasteiger partial charge in [-0.2, -0.15) is 5.26 Å². The van der Waals surface area contributed by atoms with Crippen LogP contribution in [-0.4, -0.2) is 5.91 Å². The van der Waals surface area contributed by atoms with E-state index in [1.165, 1.54) is 0 Å². The number of hydrogen-bond acceptors (Lipinski definition) is 2. The monoisotopic (exact) mass is 388 g/mol. The average molecular weight is 388 g/mol. The Labute approximate surface area is 137 Å². The smallest absolute Gasteiger partial charge is 0.262 e. The highest BCUT2D eigenvalue weighted by Crippen LogP contribution is 2.15. The van der Waals surface area contributed by atoms with E-state index in [4.69, 9.17) is 5.26 Å². The maximum Gasteiger partial charge on any atom is 0.262 e. The molecule has 104 valence electrons. The molecule has 21 heavy (non-hydrogen) atoms. The summed E-state index contributed by atoms with van der Waals surface area (Å²) < 4.78 is 0.999. The summed E-state index contributed by atoms with van der Waals surface area (Å²) in [6, 6.07) is 19.2. The van der Waals surface area contributed by atoms with Crippen molar-refractivity contribution in [3.05, 3.63) is 74.9 Å². The summed E-state index contributed by atoms with van der Waals surface area (Å²) in [6.07, 6.45) is 1.61. The molecule has 0 fully saturated rings. The summed E-state index contributed by atoms with van der Waals surface area (Å²) in [5.74, 6) is -0.360. The Kier molecular flexibility index (Phi) is 5.52. The molecule has 0 aliphatic heterocycles. The number of hydrogen-bond donors (Lipinski definition) is 1. The first kappa shape index (κ1) is 15.3. The van der Waals surface area contributed by atoms with Crippen molar-refractivity contribution in [1.29, 1.82) is 5.26 Å². The predicted octanol–water partition coefficient (Wildman–Crippen LogP) is 3.51. The van der Waals surface area contributed by atoms with E-state index in [0.717, 1.165) is 14.7 Å². The molecule has 1 N–H and O–H groups in total. The molecule has 0 atom stereocenters. The topological polar surface area (TPSA) is 52.9 Å². The Hall–Kier alpha value is -2.13. The number of carbonyl (C=O) groups is 1. The quantitative estimate of drug-likeness (QED) is 0.495. The van der Waals surface area contributed by atoms with Crippen LogP contribution < -0.4 is 5.32 Å². The van der Waals surface area contributed by atoms with Gasteiger partial charge >= 0.3 is 0 Å². The van der Waals surface area contributed by atoms with Crippen molar-refractivity contribution in [2.24, 2.45) is 0 Å². The minimum atomic E-state index is -0.360. The molecule has 4 heteroatoms. The van der Waals surface area contributed by atoms with E-state index in [9.17, 15) is 4.79 Å². The fourth-order valence-electron chi connectivity index (χ4n) is 1.77. The predicted molar refractivity (Wildman–Crippen MR) is 91.0 cm³/mol. The van der Waals surface area contributed by atoms with Gasteiger partial charge in [0.25, 0.3) is 5.91 Å². The zero-order valence-corrected chi connectivity index (χ0v) is 13.4. The van der Waals surface area contributed by atoms with E-state index >= 15 is 0 Å². The van der Waals surface area contributed by atoms with E-state index in [-0.39, 0.29) is 11.5 Å². The molecule has 2 rings (SSSR count). The molecule has 0 aromatic heterocycles. The highest BCUT2D eigenvalue weighted by molar-refractivity contribution is 14.1. The fourth-order valence-corrected chi connectivity index (χ4v) is 2.31. The molecule has 3 nitrogen and oxygen atoms in total. The van der Waals surface area contributed by atoms with Crippen LogP contribution in [0.4, 0.5) is 0 Å². The summed E-state index contributed by atoms with van der Waals surface area (Å²) in [5.41, 5.74) is 1.97. The third-order valence-corrected chi connectivity index (χ3v) is 3.85. The molecule has 1 amide bonds. The van der Waals surface area contributed by atoms with Crippen LogP contribution in [0, 0.1) is 14.9 Å². The van der Waals surface area contributed by atoms with E-state index in [1.807, 2.05) is 60.7 Å². The van der Waals surface area contributed by atoms with Gasteiger partial charge in [-0.05, 0) is 45.9 Å². The number of carbonyl (C=O) groups excluding carboxylic acids is 1. The molecule has 0 unspecified atom stereocenters. The van der Waals surface area contributed by atoms with Gasteiger partial charge in [-0.1, -0.05) is 48.5 Å². The second kappa shape index (κ2) is 7.60. The first-order chi connectivity index (χ1) is 10.2. The highest BCUT2D eigenvalue weighted by Gasteiger charge is 2.09.